The van der Waals surface area contributed by atoms with Crippen molar-refractivity contribution in [3.8, 4) is 0 Å². The monoisotopic (exact) mass is 185 g/mol. The first-order valence-corrected chi connectivity index (χ1v) is 5.58. The molecule has 0 aromatic heterocycles. The van der Waals surface area contributed by atoms with Crippen LogP contribution >= 0.6 is 0 Å². The molecular formula is C11H23NO. The third-order valence-corrected chi connectivity index (χ3v) is 3.53. The Balaban J connectivity index is 2.32. The van der Waals surface area contributed by atoms with Gasteiger partial charge in [-0.25, -0.2) is 0 Å². The molecule has 1 fully saturated rings. The normalized spacial score (nSPS) is 31.6. The number of hydrogen-bond donors (Lipinski definition) is 2. The van der Waals surface area contributed by atoms with Gasteiger partial charge in [0, 0.05) is 6.61 Å². The Hall–Kier alpha value is -0.0800. The van der Waals surface area contributed by atoms with E-state index in [-0.39, 0.29) is 0 Å². The van der Waals surface area contributed by atoms with Crippen LogP contribution in [0.1, 0.15) is 39.0 Å². The average molecular weight is 185 g/mol. The number of hydrogen-bond acceptors (Lipinski definition) is 2. The van der Waals surface area contributed by atoms with E-state index >= 15 is 0 Å². The molecule has 78 valence electrons. The molecule has 0 radical (unpaired) electrons. The largest absolute Gasteiger partial charge is 0.396 e. The van der Waals surface area contributed by atoms with E-state index in [2.05, 4.69) is 6.92 Å². The lowest BCUT2D eigenvalue weighted by Crippen LogP contribution is -2.27. The number of rotatable bonds is 4. The smallest absolute Gasteiger partial charge is 0.0434 e. The van der Waals surface area contributed by atoms with E-state index in [0.29, 0.717) is 12.5 Å². The average Bonchev–Trinajstić information content (AvgIpc) is 2.16. The maximum atomic E-state index is 8.89. The summed E-state index contributed by atoms with van der Waals surface area (Å²) in [6, 6.07) is 0. The van der Waals surface area contributed by atoms with Crippen molar-refractivity contribution in [2.45, 2.75) is 39.0 Å². The summed E-state index contributed by atoms with van der Waals surface area (Å²) in [5.41, 5.74) is 5.71. The lowest BCUT2D eigenvalue weighted by Gasteiger charge is -2.31. The molecule has 0 aromatic rings. The fourth-order valence-corrected chi connectivity index (χ4v) is 2.47. The Kier molecular flexibility index (Phi) is 4.74. The van der Waals surface area contributed by atoms with Gasteiger partial charge in [0.15, 0.2) is 0 Å². The molecule has 0 amide bonds. The summed E-state index contributed by atoms with van der Waals surface area (Å²) in [7, 11) is 0. The van der Waals surface area contributed by atoms with E-state index in [0.717, 1.165) is 24.8 Å². The van der Waals surface area contributed by atoms with E-state index in [9.17, 15) is 0 Å². The van der Waals surface area contributed by atoms with Gasteiger partial charge in [-0.3, -0.25) is 0 Å². The van der Waals surface area contributed by atoms with Crippen molar-refractivity contribution in [2.75, 3.05) is 13.2 Å². The topological polar surface area (TPSA) is 46.2 Å². The van der Waals surface area contributed by atoms with Crippen LogP contribution in [0.25, 0.3) is 0 Å². The van der Waals surface area contributed by atoms with Crippen molar-refractivity contribution >= 4 is 0 Å². The van der Waals surface area contributed by atoms with Crippen molar-refractivity contribution < 1.29 is 5.11 Å². The Labute approximate surface area is 81.5 Å². The van der Waals surface area contributed by atoms with Gasteiger partial charge in [-0.05, 0) is 43.6 Å². The number of nitrogens with two attached hydrogens (primary N) is 1. The lowest BCUT2D eigenvalue weighted by atomic mass is 9.75. The molecule has 13 heavy (non-hydrogen) atoms. The van der Waals surface area contributed by atoms with Crippen LogP contribution in [0.2, 0.25) is 0 Å². The Bertz CT molecular complexity index is 130. The first kappa shape index (κ1) is 11.0. The highest BCUT2D eigenvalue weighted by Gasteiger charge is 2.24. The van der Waals surface area contributed by atoms with Crippen LogP contribution in [0.4, 0.5) is 0 Å². The van der Waals surface area contributed by atoms with Crippen LogP contribution in [-0.2, 0) is 0 Å². The van der Waals surface area contributed by atoms with E-state index in [1.165, 1.54) is 25.7 Å². The first-order chi connectivity index (χ1) is 6.27. The summed E-state index contributed by atoms with van der Waals surface area (Å²) in [6.45, 7) is 3.38. The van der Waals surface area contributed by atoms with Crippen LogP contribution in [0.5, 0.6) is 0 Å². The standard InChI is InChI=1S/C11H23NO/c1-9-2-4-10(5-3-9)11(8-12)6-7-13/h9-11,13H,2-8,12H2,1H3. The Morgan fingerprint density at radius 3 is 2.38 bits per heavy atom. The molecule has 0 heterocycles. The van der Waals surface area contributed by atoms with Gasteiger partial charge in [-0.1, -0.05) is 19.8 Å². The van der Waals surface area contributed by atoms with Gasteiger partial charge in [-0.2, -0.15) is 0 Å². The molecule has 1 aliphatic carbocycles. The highest BCUT2D eigenvalue weighted by molar-refractivity contribution is 4.76. The van der Waals surface area contributed by atoms with Gasteiger partial charge < -0.3 is 10.8 Å². The molecular weight excluding hydrogens is 162 g/mol. The highest BCUT2D eigenvalue weighted by Crippen LogP contribution is 2.33. The van der Waals surface area contributed by atoms with Crippen molar-refractivity contribution in [3.05, 3.63) is 0 Å². The molecule has 1 rings (SSSR count). The van der Waals surface area contributed by atoms with Crippen LogP contribution in [-0.4, -0.2) is 18.3 Å². The van der Waals surface area contributed by atoms with Crippen molar-refractivity contribution in [1.29, 1.82) is 0 Å². The molecule has 1 aliphatic rings. The molecule has 0 aliphatic heterocycles. The summed E-state index contributed by atoms with van der Waals surface area (Å²) < 4.78 is 0. The quantitative estimate of drug-likeness (QED) is 0.701. The molecule has 0 saturated heterocycles. The second kappa shape index (κ2) is 5.61. The Morgan fingerprint density at radius 1 is 1.31 bits per heavy atom. The van der Waals surface area contributed by atoms with Crippen molar-refractivity contribution in [2.24, 2.45) is 23.5 Å². The summed E-state index contributed by atoms with van der Waals surface area (Å²) >= 11 is 0. The minimum absolute atomic E-state index is 0.300. The third-order valence-electron chi connectivity index (χ3n) is 3.53. The maximum absolute atomic E-state index is 8.89. The zero-order chi connectivity index (χ0) is 9.68. The van der Waals surface area contributed by atoms with Gasteiger partial charge in [0.2, 0.25) is 0 Å². The summed E-state index contributed by atoms with van der Waals surface area (Å²) in [4.78, 5) is 0. The summed E-state index contributed by atoms with van der Waals surface area (Å²) in [6.07, 6.45) is 6.25. The second-order valence-electron chi connectivity index (χ2n) is 4.53. The van der Waals surface area contributed by atoms with Crippen LogP contribution < -0.4 is 5.73 Å². The van der Waals surface area contributed by atoms with E-state index in [4.69, 9.17) is 10.8 Å². The number of aliphatic hydroxyl groups is 1. The fourth-order valence-electron chi connectivity index (χ4n) is 2.47. The molecule has 3 N–H and O–H groups in total. The van der Waals surface area contributed by atoms with Crippen LogP contribution in [0.3, 0.4) is 0 Å². The van der Waals surface area contributed by atoms with Crippen LogP contribution in [0, 0.1) is 17.8 Å². The molecule has 2 heteroatoms. The van der Waals surface area contributed by atoms with Gasteiger partial charge in [0.1, 0.15) is 0 Å². The zero-order valence-electron chi connectivity index (χ0n) is 8.71. The predicted molar refractivity (Wildman–Crippen MR) is 55.4 cm³/mol. The van der Waals surface area contributed by atoms with Gasteiger partial charge in [0.05, 0.1) is 0 Å². The lowest BCUT2D eigenvalue weighted by molar-refractivity contribution is 0.174. The third kappa shape index (κ3) is 3.28. The van der Waals surface area contributed by atoms with Gasteiger partial charge in [0.25, 0.3) is 0 Å². The van der Waals surface area contributed by atoms with Crippen LogP contribution in [0.15, 0.2) is 0 Å². The first-order valence-electron chi connectivity index (χ1n) is 5.58. The molecule has 2 nitrogen and oxygen atoms in total. The molecule has 0 aromatic carbocycles. The maximum Gasteiger partial charge on any atom is 0.0434 e. The molecule has 0 spiro atoms. The summed E-state index contributed by atoms with van der Waals surface area (Å²) in [5.74, 6) is 2.26. The van der Waals surface area contributed by atoms with Gasteiger partial charge in [-0.15, -0.1) is 0 Å². The molecule has 0 bridgehead atoms. The predicted octanol–water partition coefficient (Wildman–Crippen LogP) is 1.77. The highest BCUT2D eigenvalue weighted by atomic mass is 16.3. The van der Waals surface area contributed by atoms with Crippen molar-refractivity contribution in [1.82, 2.24) is 0 Å². The number of aliphatic hydroxyl groups excluding tert-OH is 1. The molecule has 1 saturated carbocycles. The van der Waals surface area contributed by atoms with Crippen molar-refractivity contribution in [3.63, 3.8) is 0 Å². The molecule has 1 atom stereocenters. The molecule has 1 unspecified atom stereocenters. The minimum Gasteiger partial charge on any atom is -0.396 e. The summed E-state index contributed by atoms with van der Waals surface area (Å²) in [5, 5.41) is 8.89. The fraction of sp³-hybridized carbons (Fsp3) is 1.00. The zero-order valence-corrected chi connectivity index (χ0v) is 8.71. The second-order valence-corrected chi connectivity index (χ2v) is 4.53. The van der Waals surface area contributed by atoms with E-state index in [1.807, 2.05) is 0 Å². The van der Waals surface area contributed by atoms with E-state index < -0.39 is 0 Å². The SMILES string of the molecule is CC1CCC(C(CN)CCO)CC1. The van der Waals surface area contributed by atoms with E-state index in [1.54, 1.807) is 0 Å². The Morgan fingerprint density at radius 2 is 1.92 bits per heavy atom. The minimum atomic E-state index is 0.300. The van der Waals surface area contributed by atoms with Gasteiger partial charge >= 0.3 is 0 Å².